The Morgan fingerprint density at radius 1 is 1.30 bits per heavy atom. The van der Waals surface area contributed by atoms with Crippen molar-refractivity contribution < 1.29 is 22.9 Å². The number of allylic oxidation sites excluding steroid dienone is 3. The van der Waals surface area contributed by atoms with Gasteiger partial charge in [0, 0.05) is 29.3 Å². The van der Waals surface area contributed by atoms with Gasteiger partial charge in [-0.3, -0.25) is 0 Å². The number of thiazole rings is 1. The second kappa shape index (κ2) is 12.2. The Balaban J connectivity index is 1.54. The molecule has 1 fully saturated rings. The van der Waals surface area contributed by atoms with E-state index in [1.165, 1.54) is 29.9 Å². The van der Waals surface area contributed by atoms with Gasteiger partial charge < -0.3 is 9.29 Å². The normalized spacial score (nSPS) is 22.5. The molecule has 1 N–H and O–H groups in total. The summed E-state index contributed by atoms with van der Waals surface area (Å²) in [5.41, 5.74) is 1.80. The molecule has 0 saturated heterocycles. The number of nitrogens with zero attached hydrogens (tertiary/aromatic N) is 3. The summed E-state index contributed by atoms with van der Waals surface area (Å²) in [6, 6.07) is 4.79. The van der Waals surface area contributed by atoms with Gasteiger partial charge in [-0.2, -0.15) is 5.10 Å². The molecule has 1 aliphatic heterocycles. The van der Waals surface area contributed by atoms with E-state index in [0.717, 1.165) is 42.6 Å². The third-order valence-corrected chi connectivity index (χ3v) is 8.77. The molecule has 1 aromatic heterocycles. The predicted octanol–water partition coefficient (Wildman–Crippen LogP) is 7.44. The van der Waals surface area contributed by atoms with Gasteiger partial charge in [-0.1, -0.05) is 50.7 Å². The molecule has 3 aliphatic rings. The number of rotatable bonds is 9. The number of hydrogen-bond acceptors (Lipinski definition) is 7. The minimum atomic E-state index is -1.09. The maximum absolute atomic E-state index is 14.9. The highest BCUT2D eigenvalue weighted by Crippen LogP contribution is 2.45. The third-order valence-electron chi connectivity index (χ3n) is 7.24. The molecule has 5 rings (SSSR count). The van der Waals surface area contributed by atoms with E-state index < -0.39 is 11.8 Å². The molecular formula is C30H31F2N3O3S2. The van der Waals surface area contributed by atoms with E-state index >= 15 is 0 Å². The average molecular weight is 584 g/mol. The first-order valence-electron chi connectivity index (χ1n) is 13.4. The minimum absolute atomic E-state index is 0.0241. The molecule has 1 aromatic carbocycles. The lowest BCUT2D eigenvalue weighted by molar-refractivity contribution is 0.0691. The Morgan fingerprint density at radius 2 is 2.10 bits per heavy atom. The molecule has 10 heteroatoms. The summed E-state index contributed by atoms with van der Waals surface area (Å²) in [6.45, 7) is 3.90. The van der Waals surface area contributed by atoms with E-state index in [9.17, 15) is 18.7 Å². The van der Waals surface area contributed by atoms with Crippen LogP contribution >= 0.6 is 23.4 Å². The van der Waals surface area contributed by atoms with Gasteiger partial charge in [0.05, 0.1) is 29.3 Å². The summed E-state index contributed by atoms with van der Waals surface area (Å²) in [5, 5.41) is 18.4. The van der Waals surface area contributed by atoms with Gasteiger partial charge in [-0.05, 0) is 54.9 Å². The molecule has 0 spiro atoms. The van der Waals surface area contributed by atoms with Crippen molar-refractivity contribution in [2.75, 3.05) is 12.1 Å². The summed E-state index contributed by atoms with van der Waals surface area (Å²) in [6.07, 6.45) is 7.94. The van der Waals surface area contributed by atoms with Crippen LogP contribution < -0.4 is 5.01 Å². The third kappa shape index (κ3) is 6.48. The molecule has 6 nitrogen and oxygen atoms in total. The number of hydrazone groups is 1. The smallest absolute Gasteiger partial charge is 0.355 e. The maximum Gasteiger partial charge on any atom is 0.355 e. The zero-order chi connectivity index (χ0) is 28.4. The molecule has 0 bridgehead atoms. The number of carboxylic acid groups (broad SMARTS) is 1. The van der Waals surface area contributed by atoms with Crippen molar-refractivity contribution in [1.82, 2.24) is 4.98 Å². The van der Waals surface area contributed by atoms with Crippen molar-refractivity contribution in [3.8, 4) is 11.8 Å². The standard InChI is InChI=1S/C30H31F2N3O3S2/c1-17(2)4-8-20-15-21(9-10-23(20)31)28-22(12-19-7-11-27(40-38-3)24(32)13-19)26(14-18-5-6-18)35(34-28)30-33-25(16-39-30)29(36)37/h9-11,13,15-19,22,26H,5-7,12,14H2,1-3H3,(H,36,37). The maximum atomic E-state index is 14.9. The Labute approximate surface area is 241 Å². The van der Waals surface area contributed by atoms with Crippen LogP contribution in [0.3, 0.4) is 0 Å². The molecule has 2 aromatic rings. The lowest BCUT2D eigenvalue weighted by atomic mass is 9.79. The lowest BCUT2D eigenvalue weighted by Gasteiger charge is -2.29. The fourth-order valence-corrected chi connectivity index (χ4v) is 6.44. The topological polar surface area (TPSA) is 75.0 Å². The number of carbonyl (C=O) groups is 1. The van der Waals surface area contributed by atoms with Crippen LogP contribution in [0.4, 0.5) is 13.9 Å². The highest BCUT2D eigenvalue weighted by atomic mass is 32.2. The number of hydrogen-bond donors (Lipinski definition) is 1. The number of aromatic nitrogens is 1. The predicted molar refractivity (Wildman–Crippen MR) is 155 cm³/mol. The van der Waals surface area contributed by atoms with Crippen LogP contribution in [0.1, 0.15) is 67.6 Å². The molecule has 40 heavy (non-hydrogen) atoms. The largest absolute Gasteiger partial charge is 0.476 e. The summed E-state index contributed by atoms with van der Waals surface area (Å²) >= 11 is 2.26. The Hall–Kier alpha value is -3.00. The van der Waals surface area contributed by atoms with Gasteiger partial charge >= 0.3 is 5.97 Å². The van der Waals surface area contributed by atoms with E-state index in [0.29, 0.717) is 34.4 Å². The van der Waals surface area contributed by atoms with Crippen LogP contribution in [-0.4, -0.2) is 34.9 Å². The highest BCUT2D eigenvalue weighted by Gasteiger charge is 2.43. The van der Waals surface area contributed by atoms with Crippen molar-refractivity contribution in [2.45, 2.75) is 52.0 Å². The zero-order valence-electron chi connectivity index (χ0n) is 22.6. The van der Waals surface area contributed by atoms with Crippen LogP contribution in [0.25, 0.3) is 0 Å². The zero-order valence-corrected chi connectivity index (χ0v) is 24.2. The van der Waals surface area contributed by atoms with Crippen molar-refractivity contribution in [3.63, 3.8) is 0 Å². The van der Waals surface area contributed by atoms with Gasteiger partial charge in [0.1, 0.15) is 11.6 Å². The van der Waals surface area contributed by atoms with Crippen molar-refractivity contribution in [1.29, 1.82) is 0 Å². The van der Waals surface area contributed by atoms with Gasteiger partial charge in [-0.15, -0.1) is 11.3 Å². The molecule has 3 unspecified atom stereocenters. The second-order valence-corrected chi connectivity index (χ2v) is 12.5. The van der Waals surface area contributed by atoms with E-state index in [4.69, 9.17) is 9.28 Å². The first-order valence-corrected chi connectivity index (χ1v) is 15.0. The number of halogens is 2. The Morgan fingerprint density at radius 3 is 2.75 bits per heavy atom. The van der Waals surface area contributed by atoms with Crippen LogP contribution in [0, 0.1) is 41.3 Å². The van der Waals surface area contributed by atoms with E-state index in [1.54, 1.807) is 18.2 Å². The first-order chi connectivity index (χ1) is 19.2. The van der Waals surface area contributed by atoms with Crippen LogP contribution in [-0.2, 0) is 4.18 Å². The fourth-order valence-electron chi connectivity index (χ4n) is 5.14. The summed E-state index contributed by atoms with van der Waals surface area (Å²) in [7, 11) is 1.51. The van der Waals surface area contributed by atoms with E-state index in [2.05, 4.69) is 16.8 Å². The number of aromatic carboxylic acids is 1. The van der Waals surface area contributed by atoms with Crippen molar-refractivity contribution >= 4 is 40.2 Å². The fraction of sp³-hybridized carbons (Fsp3) is 0.433. The first kappa shape index (κ1) is 28.5. The van der Waals surface area contributed by atoms with Crippen LogP contribution in [0.15, 0.2) is 51.6 Å². The van der Waals surface area contributed by atoms with Crippen molar-refractivity contribution in [3.05, 3.63) is 69.1 Å². The molecule has 1 saturated carbocycles. The quantitative estimate of drug-likeness (QED) is 0.244. The van der Waals surface area contributed by atoms with Crippen LogP contribution in [0.5, 0.6) is 0 Å². The molecule has 3 atom stereocenters. The molecule has 210 valence electrons. The number of benzene rings is 1. The summed E-state index contributed by atoms with van der Waals surface area (Å²) in [5.74, 6) is 4.68. The Kier molecular flexibility index (Phi) is 8.74. The SMILES string of the molecule is COSC1=CCC(CC2C(c3ccc(F)c(C#CC(C)C)c3)=NN(c3nc(C(=O)O)cs3)C2CC2CC2)C=C1F. The molecular weight excluding hydrogens is 552 g/mol. The van der Waals surface area contributed by atoms with Gasteiger partial charge in [0.15, 0.2) is 5.69 Å². The lowest BCUT2D eigenvalue weighted by Crippen LogP contribution is -2.35. The van der Waals surface area contributed by atoms with Crippen molar-refractivity contribution in [2.24, 2.45) is 28.8 Å². The molecule has 0 radical (unpaired) electrons. The number of carboxylic acids is 1. The molecule has 2 heterocycles. The van der Waals surface area contributed by atoms with Crippen LogP contribution in [0.2, 0.25) is 0 Å². The molecule has 0 amide bonds. The monoisotopic (exact) mass is 583 g/mol. The summed E-state index contributed by atoms with van der Waals surface area (Å²) < 4.78 is 34.7. The second-order valence-electron chi connectivity index (χ2n) is 10.7. The minimum Gasteiger partial charge on any atom is -0.476 e. The average Bonchev–Trinajstić information content (AvgIpc) is 3.47. The van der Waals surface area contributed by atoms with Gasteiger partial charge in [0.25, 0.3) is 0 Å². The molecule has 2 aliphatic carbocycles. The number of anilines is 1. The highest BCUT2D eigenvalue weighted by molar-refractivity contribution is 7.98. The van der Waals surface area contributed by atoms with E-state index in [-0.39, 0.29) is 35.3 Å². The summed E-state index contributed by atoms with van der Waals surface area (Å²) in [4.78, 5) is 16.4. The van der Waals surface area contributed by atoms with Gasteiger partial charge in [-0.25, -0.2) is 23.6 Å². The Bertz CT molecular complexity index is 1440. The van der Waals surface area contributed by atoms with Gasteiger partial charge in [0.2, 0.25) is 5.13 Å². The van der Waals surface area contributed by atoms with E-state index in [1.807, 2.05) is 24.9 Å².